The number of nitrogens with one attached hydrogen (secondary N) is 1. The molecule has 1 atom stereocenters. The molecule has 3 heterocycles. The van der Waals surface area contributed by atoms with Crippen LogP contribution in [-0.4, -0.2) is 31.5 Å². The molecule has 5 rings (SSSR count). The number of benzene rings is 2. The number of aryl methyl sites for hydroxylation is 1. The van der Waals surface area contributed by atoms with Crippen LogP contribution < -0.4 is 16.6 Å². The lowest BCUT2D eigenvalue weighted by Crippen LogP contribution is -2.26. The first-order valence-corrected chi connectivity index (χ1v) is 11.6. The third-order valence-corrected chi connectivity index (χ3v) is 5.91. The highest BCUT2D eigenvalue weighted by Gasteiger charge is 2.22. The molecule has 0 radical (unpaired) electrons. The van der Waals surface area contributed by atoms with Gasteiger partial charge >= 0.3 is 0 Å². The molecule has 0 amide bonds. The van der Waals surface area contributed by atoms with Crippen molar-refractivity contribution in [2.45, 2.75) is 19.9 Å². The molecule has 0 saturated carbocycles. The van der Waals surface area contributed by atoms with Gasteiger partial charge < -0.3 is 20.6 Å². The number of aliphatic hydroxyl groups is 1. The predicted octanol–water partition coefficient (Wildman–Crippen LogP) is 3.84. The van der Waals surface area contributed by atoms with E-state index in [0.29, 0.717) is 45.3 Å². The first kappa shape index (κ1) is 23.8. The number of para-hydroxylation sites is 1. The maximum atomic E-state index is 14.0. The molecule has 9 heteroatoms. The van der Waals surface area contributed by atoms with E-state index >= 15 is 0 Å². The number of pyridine rings is 2. The number of rotatable bonds is 5. The van der Waals surface area contributed by atoms with Crippen LogP contribution in [0.25, 0.3) is 27.9 Å². The lowest BCUT2D eigenvalue weighted by atomic mass is 10.0. The van der Waals surface area contributed by atoms with Crippen LogP contribution in [0.5, 0.6) is 0 Å². The van der Waals surface area contributed by atoms with Crippen LogP contribution in [0.15, 0.2) is 76.1 Å². The lowest BCUT2D eigenvalue weighted by molar-refractivity contribution is 0.350. The van der Waals surface area contributed by atoms with Gasteiger partial charge in [0, 0.05) is 35.8 Å². The van der Waals surface area contributed by atoms with Crippen molar-refractivity contribution in [1.82, 2.24) is 19.7 Å². The molecule has 2 aromatic carbocycles. The highest BCUT2D eigenvalue weighted by molar-refractivity contribution is 5.88. The molecule has 0 aliphatic rings. The molecular formula is C28H24N6O3. The summed E-state index contributed by atoms with van der Waals surface area (Å²) in [6.07, 6.45) is 1.59. The van der Waals surface area contributed by atoms with E-state index < -0.39 is 0 Å². The van der Waals surface area contributed by atoms with Crippen LogP contribution in [0, 0.1) is 18.8 Å². The van der Waals surface area contributed by atoms with Gasteiger partial charge in [0.25, 0.3) is 11.4 Å². The Morgan fingerprint density at radius 2 is 1.95 bits per heavy atom. The first-order valence-electron chi connectivity index (χ1n) is 11.6. The minimum absolute atomic E-state index is 0.219. The Hall–Kier alpha value is -4.94. The van der Waals surface area contributed by atoms with Crippen molar-refractivity contribution in [2.75, 3.05) is 17.7 Å². The van der Waals surface area contributed by atoms with E-state index in [2.05, 4.69) is 32.3 Å². The van der Waals surface area contributed by atoms with Gasteiger partial charge in [-0.1, -0.05) is 42.2 Å². The van der Waals surface area contributed by atoms with Gasteiger partial charge in [-0.3, -0.25) is 9.36 Å². The number of nitrogen functional groups attached to an aromatic ring is 1. The Kier molecular flexibility index (Phi) is 6.41. The second kappa shape index (κ2) is 9.97. The average Bonchev–Trinajstić information content (AvgIpc) is 3.33. The van der Waals surface area contributed by atoms with Crippen molar-refractivity contribution >= 4 is 22.3 Å². The SMILES string of the molecule is Cc1nnc(-c2c(N)ccnc2N[C@@H](C)c2cc3cccc(C#CCO)c3c(=O)n2-c2ccccc2)o1. The Balaban J connectivity index is 1.69. The maximum absolute atomic E-state index is 14.0. The second-order valence-electron chi connectivity index (χ2n) is 8.39. The van der Waals surface area contributed by atoms with Crippen LogP contribution in [0.1, 0.15) is 30.1 Å². The number of nitrogens with two attached hydrogens (primary N) is 1. The largest absolute Gasteiger partial charge is 0.421 e. The number of hydrogen-bond donors (Lipinski definition) is 3. The number of aromatic nitrogens is 4. The Labute approximate surface area is 212 Å². The summed E-state index contributed by atoms with van der Waals surface area (Å²) in [6.45, 7) is 3.34. The summed E-state index contributed by atoms with van der Waals surface area (Å²) >= 11 is 0. The van der Waals surface area contributed by atoms with Crippen LogP contribution >= 0.6 is 0 Å². The minimum Gasteiger partial charge on any atom is -0.421 e. The van der Waals surface area contributed by atoms with Crippen LogP contribution in [0.2, 0.25) is 0 Å². The third kappa shape index (κ3) is 4.53. The molecule has 0 spiro atoms. The smallest absolute Gasteiger partial charge is 0.264 e. The van der Waals surface area contributed by atoms with Crippen molar-refractivity contribution in [3.8, 4) is 29.0 Å². The quantitative estimate of drug-likeness (QED) is 0.315. The van der Waals surface area contributed by atoms with Gasteiger partial charge in [-0.2, -0.15) is 0 Å². The maximum Gasteiger partial charge on any atom is 0.264 e. The molecule has 184 valence electrons. The molecule has 0 fully saturated rings. The molecule has 0 saturated heterocycles. The molecule has 0 unspecified atom stereocenters. The van der Waals surface area contributed by atoms with E-state index in [9.17, 15) is 9.90 Å². The van der Waals surface area contributed by atoms with Crippen LogP contribution in [-0.2, 0) is 0 Å². The Bertz CT molecular complexity index is 1710. The number of aliphatic hydroxyl groups excluding tert-OH is 1. The van der Waals surface area contributed by atoms with E-state index in [1.807, 2.05) is 55.5 Å². The molecule has 0 aliphatic heterocycles. The summed E-state index contributed by atoms with van der Waals surface area (Å²) < 4.78 is 7.29. The van der Waals surface area contributed by atoms with Gasteiger partial charge in [0.05, 0.1) is 11.4 Å². The van der Waals surface area contributed by atoms with Crippen LogP contribution in [0.4, 0.5) is 11.5 Å². The van der Waals surface area contributed by atoms with E-state index in [1.165, 1.54) is 0 Å². The van der Waals surface area contributed by atoms with E-state index in [1.54, 1.807) is 29.8 Å². The summed E-state index contributed by atoms with van der Waals surface area (Å²) in [6, 6.07) is 18.1. The molecule has 5 aromatic rings. The number of anilines is 2. The van der Waals surface area contributed by atoms with E-state index in [0.717, 1.165) is 5.39 Å². The van der Waals surface area contributed by atoms with Crippen LogP contribution in [0.3, 0.4) is 0 Å². The average molecular weight is 493 g/mol. The summed E-state index contributed by atoms with van der Waals surface area (Å²) in [4.78, 5) is 18.4. The number of nitrogens with zero attached hydrogens (tertiary/aromatic N) is 4. The standard InChI is InChI=1S/C28H24N6O3/c1-17(31-26-25(22(29)13-14-30-26)27-33-32-18(2)37-27)23-16-20-9-6-8-19(10-7-15-35)24(20)28(36)34(23)21-11-4-3-5-12-21/h3-6,8-9,11-14,16-17,35H,15H2,1-2H3,(H3,29,30,31)/t17-/m0/s1. The Morgan fingerprint density at radius 3 is 2.68 bits per heavy atom. The summed E-state index contributed by atoms with van der Waals surface area (Å²) in [5.41, 5.74) is 8.92. The van der Waals surface area contributed by atoms with Crippen molar-refractivity contribution in [3.63, 3.8) is 0 Å². The summed E-state index contributed by atoms with van der Waals surface area (Å²) in [7, 11) is 0. The molecule has 3 aromatic heterocycles. The highest BCUT2D eigenvalue weighted by Crippen LogP contribution is 2.33. The van der Waals surface area contributed by atoms with Crippen molar-refractivity contribution in [2.24, 2.45) is 0 Å². The van der Waals surface area contributed by atoms with Crippen molar-refractivity contribution in [1.29, 1.82) is 0 Å². The minimum atomic E-state index is -0.387. The summed E-state index contributed by atoms with van der Waals surface area (Å²) in [5.74, 6) is 6.66. The molecular weight excluding hydrogens is 468 g/mol. The molecule has 0 bridgehead atoms. The second-order valence-corrected chi connectivity index (χ2v) is 8.39. The molecule has 4 N–H and O–H groups in total. The lowest BCUT2D eigenvalue weighted by Gasteiger charge is -2.22. The number of hydrogen-bond acceptors (Lipinski definition) is 8. The molecule has 9 nitrogen and oxygen atoms in total. The first-order chi connectivity index (χ1) is 18.0. The zero-order valence-electron chi connectivity index (χ0n) is 20.3. The van der Waals surface area contributed by atoms with Gasteiger partial charge in [0.1, 0.15) is 18.0 Å². The van der Waals surface area contributed by atoms with Crippen molar-refractivity contribution in [3.05, 3.63) is 94.4 Å². The Morgan fingerprint density at radius 1 is 1.14 bits per heavy atom. The van der Waals surface area contributed by atoms with Gasteiger partial charge in [-0.25, -0.2) is 4.98 Å². The van der Waals surface area contributed by atoms with Gasteiger partial charge in [-0.05, 0) is 42.6 Å². The normalized spacial score (nSPS) is 11.6. The molecule has 0 aliphatic carbocycles. The third-order valence-electron chi connectivity index (χ3n) is 5.91. The predicted molar refractivity (Wildman–Crippen MR) is 142 cm³/mol. The van der Waals surface area contributed by atoms with Gasteiger partial charge in [0.15, 0.2) is 0 Å². The van der Waals surface area contributed by atoms with Crippen molar-refractivity contribution < 1.29 is 9.52 Å². The van der Waals surface area contributed by atoms with E-state index in [4.69, 9.17) is 10.2 Å². The monoisotopic (exact) mass is 492 g/mol. The zero-order chi connectivity index (χ0) is 25.9. The number of fused-ring (bicyclic) bond motifs is 1. The fraction of sp³-hybridized carbons (Fsp3) is 0.143. The topological polar surface area (TPSA) is 132 Å². The van der Waals surface area contributed by atoms with Gasteiger partial charge in [0.2, 0.25) is 5.89 Å². The molecule has 37 heavy (non-hydrogen) atoms. The fourth-order valence-electron chi connectivity index (χ4n) is 4.27. The van der Waals surface area contributed by atoms with E-state index in [-0.39, 0.29) is 24.1 Å². The summed E-state index contributed by atoms with van der Waals surface area (Å²) in [5, 5.41) is 21.8. The highest BCUT2D eigenvalue weighted by atomic mass is 16.4. The fourth-order valence-corrected chi connectivity index (χ4v) is 4.27. The van der Waals surface area contributed by atoms with Gasteiger partial charge in [-0.15, -0.1) is 10.2 Å². The zero-order valence-corrected chi connectivity index (χ0v) is 20.3.